The molecule has 1 aliphatic carbocycles. The summed E-state index contributed by atoms with van der Waals surface area (Å²) in [5.41, 5.74) is 1.26. The summed E-state index contributed by atoms with van der Waals surface area (Å²) in [6.45, 7) is 0.858. The zero-order valence-electron chi connectivity index (χ0n) is 13.0. The summed E-state index contributed by atoms with van der Waals surface area (Å²) >= 11 is 0. The minimum atomic E-state index is 0.212. The molecule has 4 nitrogen and oxygen atoms in total. The van der Waals surface area contributed by atoms with E-state index in [2.05, 4.69) is 5.32 Å². The average Bonchev–Trinajstić information content (AvgIpc) is 3.15. The number of hydrogen-bond acceptors (Lipinski definition) is 4. The van der Waals surface area contributed by atoms with Crippen molar-refractivity contribution in [2.45, 2.75) is 50.2 Å². The summed E-state index contributed by atoms with van der Waals surface area (Å²) in [6.07, 6.45) is 7.88. The van der Waals surface area contributed by atoms with Gasteiger partial charge < -0.3 is 19.5 Å². The summed E-state index contributed by atoms with van der Waals surface area (Å²) < 4.78 is 16.9. The first-order valence-corrected chi connectivity index (χ1v) is 7.88. The summed E-state index contributed by atoms with van der Waals surface area (Å²) in [5.74, 6) is 1.51. The Balaban J connectivity index is 1.56. The first-order chi connectivity index (χ1) is 10.2. The molecule has 3 rings (SSSR count). The predicted octanol–water partition coefficient (Wildman–Crippen LogP) is 3.61. The molecular weight excluding hydrogens is 266 g/mol. The van der Waals surface area contributed by atoms with Crippen LogP contribution in [0.2, 0.25) is 0 Å². The largest absolute Gasteiger partial charge is 0.493 e. The third-order valence-electron chi connectivity index (χ3n) is 4.77. The molecule has 0 amide bonds. The lowest BCUT2D eigenvalue weighted by Gasteiger charge is -2.24. The molecular formula is C17H25NO3. The van der Waals surface area contributed by atoms with Gasteiger partial charge in [-0.3, -0.25) is 0 Å². The van der Waals surface area contributed by atoms with Crippen LogP contribution in [-0.4, -0.2) is 32.5 Å². The number of benzene rings is 1. The van der Waals surface area contributed by atoms with Crippen molar-refractivity contribution < 1.29 is 14.2 Å². The maximum absolute atomic E-state index is 6.31. The molecule has 0 aromatic heterocycles. The molecule has 1 aromatic carbocycles. The van der Waals surface area contributed by atoms with Crippen LogP contribution in [0.3, 0.4) is 0 Å². The highest BCUT2D eigenvalue weighted by molar-refractivity contribution is 5.54. The zero-order chi connectivity index (χ0) is 14.7. The van der Waals surface area contributed by atoms with E-state index in [0.29, 0.717) is 6.10 Å². The minimum Gasteiger partial charge on any atom is -0.493 e. The van der Waals surface area contributed by atoms with Crippen molar-refractivity contribution >= 4 is 5.69 Å². The van der Waals surface area contributed by atoms with E-state index in [1.165, 1.54) is 38.5 Å². The van der Waals surface area contributed by atoms with Gasteiger partial charge in [0.25, 0.3) is 0 Å². The molecule has 1 aliphatic heterocycles. The van der Waals surface area contributed by atoms with E-state index in [1.54, 1.807) is 14.2 Å². The normalized spacial score (nSPS) is 23.4. The molecule has 21 heavy (non-hydrogen) atoms. The Hall–Kier alpha value is -1.42. The quantitative estimate of drug-likeness (QED) is 0.899. The SMILES string of the molecule is COc1ccc(NCC2CCC3(CCCC3)O2)cc1OC. The predicted molar refractivity (Wildman–Crippen MR) is 83.3 cm³/mol. The van der Waals surface area contributed by atoms with Gasteiger partial charge in [-0.25, -0.2) is 0 Å². The van der Waals surface area contributed by atoms with Crippen molar-refractivity contribution in [1.29, 1.82) is 0 Å². The van der Waals surface area contributed by atoms with E-state index in [-0.39, 0.29) is 5.60 Å². The van der Waals surface area contributed by atoms with E-state index < -0.39 is 0 Å². The van der Waals surface area contributed by atoms with Crippen LogP contribution in [-0.2, 0) is 4.74 Å². The summed E-state index contributed by atoms with van der Waals surface area (Å²) in [5, 5.41) is 3.46. The zero-order valence-corrected chi connectivity index (χ0v) is 13.0. The van der Waals surface area contributed by atoms with Gasteiger partial charge in [-0.05, 0) is 37.8 Å². The van der Waals surface area contributed by atoms with Crippen LogP contribution in [0.15, 0.2) is 18.2 Å². The van der Waals surface area contributed by atoms with Gasteiger partial charge in [0, 0.05) is 18.3 Å². The van der Waals surface area contributed by atoms with Crippen molar-refractivity contribution in [2.24, 2.45) is 0 Å². The van der Waals surface area contributed by atoms with Gasteiger partial charge >= 0.3 is 0 Å². The fraction of sp³-hybridized carbons (Fsp3) is 0.647. The summed E-state index contributed by atoms with van der Waals surface area (Å²) in [6, 6.07) is 5.91. The number of ether oxygens (including phenoxy) is 3. The lowest BCUT2D eigenvalue weighted by molar-refractivity contribution is -0.0307. The van der Waals surface area contributed by atoms with Crippen LogP contribution < -0.4 is 14.8 Å². The molecule has 1 unspecified atom stereocenters. The number of methoxy groups -OCH3 is 2. The maximum atomic E-state index is 6.31. The van der Waals surface area contributed by atoms with Crippen molar-refractivity contribution in [3.63, 3.8) is 0 Å². The molecule has 1 saturated carbocycles. The Labute approximate surface area is 126 Å². The van der Waals surface area contributed by atoms with E-state index in [1.807, 2.05) is 18.2 Å². The van der Waals surface area contributed by atoms with E-state index >= 15 is 0 Å². The lowest BCUT2D eigenvalue weighted by atomic mass is 9.98. The summed E-state index contributed by atoms with van der Waals surface area (Å²) in [4.78, 5) is 0. The van der Waals surface area contributed by atoms with Crippen LogP contribution in [0.5, 0.6) is 11.5 Å². The van der Waals surface area contributed by atoms with Crippen molar-refractivity contribution in [3.05, 3.63) is 18.2 Å². The van der Waals surface area contributed by atoms with Crippen LogP contribution in [0.1, 0.15) is 38.5 Å². The lowest BCUT2D eigenvalue weighted by Crippen LogP contribution is -2.27. The van der Waals surface area contributed by atoms with E-state index in [4.69, 9.17) is 14.2 Å². The van der Waals surface area contributed by atoms with E-state index in [9.17, 15) is 0 Å². The fourth-order valence-electron chi connectivity index (χ4n) is 3.60. The highest BCUT2D eigenvalue weighted by Gasteiger charge is 2.41. The number of hydrogen-bond donors (Lipinski definition) is 1. The first kappa shape index (κ1) is 14.5. The van der Waals surface area contributed by atoms with Gasteiger partial charge in [0.2, 0.25) is 0 Å². The van der Waals surface area contributed by atoms with Gasteiger partial charge in [-0.15, -0.1) is 0 Å². The molecule has 2 fully saturated rings. The molecule has 1 atom stereocenters. The number of anilines is 1. The Kier molecular flexibility index (Phi) is 4.24. The van der Waals surface area contributed by atoms with Crippen molar-refractivity contribution in [3.8, 4) is 11.5 Å². The van der Waals surface area contributed by atoms with Crippen LogP contribution in [0, 0.1) is 0 Å². The smallest absolute Gasteiger partial charge is 0.162 e. The molecule has 116 valence electrons. The third-order valence-corrected chi connectivity index (χ3v) is 4.77. The van der Waals surface area contributed by atoms with E-state index in [0.717, 1.165) is 23.7 Å². The topological polar surface area (TPSA) is 39.7 Å². The molecule has 0 bridgehead atoms. The molecule has 1 heterocycles. The summed E-state index contributed by atoms with van der Waals surface area (Å²) in [7, 11) is 3.31. The highest BCUT2D eigenvalue weighted by atomic mass is 16.5. The Morgan fingerprint density at radius 3 is 2.62 bits per heavy atom. The average molecular weight is 291 g/mol. The standard InChI is InChI=1S/C17H25NO3/c1-19-15-6-5-13(11-16(15)20-2)18-12-14-7-10-17(21-14)8-3-4-9-17/h5-6,11,14,18H,3-4,7-10,12H2,1-2H3. The van der Waals surface area contributed by atoms with Gasteiger partial charge in [0.05, 0.1) is 25.9 Å². The minimum absolute atomic E-state index is 0.212. The molecule has 2 aliphatic rings. The monoisotopic (exact) mass is 291 g/mol. The van der Waals surface area contributed by atoms with Crippen LogP contribution >= 0.6 is 0 Å². The molecule has 0 radical (unpaired) electrons. The number of rotatable bonds is 5. The molecule has 1 saturated heterocycles. The Morgan fingerprint density at radius 2 is 1.90 bits per heavy atom. The third kappa shape index (κ3) is 3.10. The Morgan fingerprint density at radius 1 is 1.14 bits per heavy atom. The van der Waals surface area contributed by atoms with Crippen molar-refractivity contribution in [1.82, 2.24) is 0 Å². The second-order valence-electron chi connectivity index (χ2n) is 6.12. The van der Waals surface area contributed by atoms with Gasteiger partial charge in [0.15, 0.2) is 11.5 Å². The Bertz CT molecular complexity index is 483. The number of nitrogens with one attached hydrogen (secondary N) is 1. The van der Waals surface area contributed by atoms with Gasteiger partial charge in [-0.1, -0.05) is 12.8 Å². The van der Waals surface area contributed by atoms with Gasteiger partial charge in [0.1, 0.15) is 0 Å². The second-order valence-corrected chi connectivity index (χ2v) is 6.12. The maximum Gasteiger partial charge on any atom is 0.162 e. The first-order valence-electron chi connectivity index (χ1n) is 7.88. The van der Waals surface area contributed by atoms with Crippen LogP contribution in [0.25, 0.3) is 0 Å². The highest BCUT2D eigenvalue weighted by Crippen LogP contribution is 2.43. The van der Waals surface area contributed by atoms with Crippen LogP contribution in [0.4, 0.5) is 5.69 Å². The molecule has 4 heteroatoms. The molecule has 1 N–H and O–H groups in total. The molecule has 1 spiro atoms. The fourth-order valence-corrected chi connectivity index (χ4v) is 3.60. The van der Waals surface area contributed by atoms with Crippen molar-refractivity contribution in [2.75, 3.05) is 26.1 Å². The van der Waals surface area contributed by atoms with Gasteiger partial charge in [-0.2, -0.15) is 0 Å². The second kappa shape index (κ2) is 6.14. The molecule has 1 aromatic rings.